The molecule has 1 aromatic carbocycles. The van der Waals surface area contributed by atoms with Crippen molar-refractivity contribution < 1.29 is 17.9 Å². The number of ether oxygens (including phenoxy) is 1. The van der Waals surface area contributed by atoms with Crippen LogP contribution in [0.2, 0.25) is 0 Å². The van der Waals surface area contributed by atoms with Crippen LogP contribution in [0.5, 0.6) is 5.75 Å². The van der Waals surface area contributed by atoms with Crippen LogP contribution in [-0.2, 0) is 6.54 Å². The van der Waals surface area contributed by atoms with E-state index in [9.17, 15) is 13.2 Å². The molecule has 1 fully saturated rings. The molecule has 0 amide bonds. The van der Waals surface area contributed by atoms with Gasteiger partial charge in [-0.25, -0.2) is 0 Å². The molecule has 0 unspecified atom stereocenters. The zero-order valence-corrected chi connectivity index (χ0v) is 13.5. The summed E-state index contributed by atoms with van der Waals surface area (Å²) in [6.45, 7) is 2.50. The SMILES string of the molecule is COc1ccc(CN2CCC(CCNCC(F)(F)F)CC2)cc1. The molecule has 0 atom stereocenters. The molecule has 0 spiro atoms. The zero-order valence-electron chi connectivity index (χ0n) is 13.5. The first-order chi connectivity index (χ1) is 11.0. The Balaban J connectivity index is 1.63. The number of nitrogens with one attached hydrogen (secondary N) is 1. The molecule has 1 saturated heterocycles. The number of hydrogen-bond donors (Lipinski definition) is 1. The maximum absolute atomic E-state index is 12.1. The lowest BCUT2D eigenvalue weighted by Gasteiger charge is -2.32. The number of methoxy groups -OCH3 is 1. The Morgan fingerprint density at radius 3 is 2.39 bits per heavy atom. The van der Waals surface area contributed by atoms with Crippen LogP contribution in [0, 0.1) is 5.92 Å². The number of rotatable bonds is 7. The molecule has 130 valence electrons. The molecular weight excluding hydrogens is 305 g/mol. The number of benzene rings is 1. The van der Waals surface area contributed by atoms with E-state index in [-0.39, 0.29) is 0 Å². The van der Waals surface area contributed by atoms with Gasteiger partial charge in [0.25, 0.3) is 0 Å². The van der Waals surface area contributed by atoms with Crippen LogP contribution < -0.4 is 10.1 Å². The third-order valence-corrected chi connectivity index (χ3v) is 4.33. The molecule has 0 aliphatic carbocycles. The van der Waals surface area contributed by atoms with E-state index in [1.165, 1.54) is 5.56 Å². The second-order valence-electron chi connectivity index (χ2n) is 6.15. The van der Waals surface area contributed by atoms with Gasteiger partial charge in [0.1, 0.15) is 5.75 Å². The van der Waals surface area contributed by atoms with Crippen LogP contribution >= 0.6 is 0 Å². The van der Waals surface area contributed by atoms with E-state index in [1.54, 1.807) is 7.11 Å². The molecule has 1 aliphatic rings. The number of nitrogens with zero attached hydrogens (tertiary/aromatic N) is 1. The van der Waals surface area contributed by atoms with Crippen molar-refractivity contribution >= 4 is 0 Å². The second kappa shape index (κ2) is 8.55. The molecule has 3 nitrogen and oxygen atoms in total. The molecule has 1 aromatic rings. The minimum Gasteiger partial charge on any atom is -0.497 e. The normalized spacial score (nSPS) is 17.4. The molecule has 0 saturated carbocycles. The fourth-order valence-electron chi connectivity index (χ4n) is 2.96. The van der Waals surface area contributed by atoms with Crippen molar-refractivity contribution in [2.75, 3.05) is 33.3 Å². The van der Waals surface area contributed by atoms with E-state index in [0.29, 0.717) is 12.5 Å². The Kier molecular flexibility index (Phi) is 6.72. The molecule has 23 heavy (non-hydrogen) atoms. The average molecular weight is 330 g/mol. The fourth-order valence-corrected chi connectivity index (χ4v) is 2.96. The summed E-state index contributed by atoms with van der Waals surface area (Å²) in [7, 11) is 1.66. The second-order valence-corrected chi connectivity index (χ2v) is 6.15. The van der Waals surface area contributed by atoms with Crippen LogP contribution in [0.1, 0.15) is 24.8 Å². The fraction of sp³-hybridized carbons (Fsp3) is 0.647. The van der Waals surface area contributed by atoms with Gasteiger partial charge in [-0.15, -0.1) is 0 Å². The van der Waals surface area contributed by atoms with Crippen molar-refractivity contribution in [1.82, 2.24) is 10.2 Å². The van der Waals surface area contributed by atoms with Gasteiger partial charge in [-0.2, -0.15) is 13.2 Å². The number of likely N-dealkylation sites (tertiary alicyclic amines) is 1. The molecule has 1 N–H and O–H groups in total. The quantitative estimate of drug-likeness (QED) is 0.775. The van der Waals surface area contributed by atoms with Crippen LogP contribution in [-0.4, -0.2) is 44.4 Å². The molecule has 0 bridgehead atoms. The summed E-state index contributed by atoms with van der Waals surface area (Å²) in [5.41, 5.74) is 1.26. The minimum atomic E-state index is -4.11. The largest absolute Gasteiger partial charge is 0.497 e. The predicted molar refractivity (Wildman–Crippen MR) is 84.5 cm³/mol. The lowest BCUT2D eigenvalue weighted by Crippen LogP contribution is -2.35. The molecule has 6 heteroatoms. The molecule has 1 heterocycles. The van der Waals surface area contributed by atoms with Crippen LogP contribution in [0.4, 0.5) is 13.2 Å². The van der Waals surface area contributed by atoms with Gasteiger partial charge in [0.2, 0.25) is 0 Å². The summed E-state index contributed by atoms with van der Waals surface area (Å²) in [4.78, 5) is 2.40. The summed E-state index contributed by atoms with van der Waals surface area (Å²) >= 11 is 0. The Morgan fingerprint density at radius 2 is 1.83 bits per heavy atom. The van der Waals surface area contributed by atoms with Crippen molar-refractivity contribution in [2.24, 2.45) is 5.92 Å². The number of piperidine rings is 1. The smallest absolute Gasteiger partial charge is 0.401 e. The van der Waals surface area contributed by atoms with E-state index in [0.717, 1.165) is 44.6 Å². The van der Waals surface area contributed by atoms with Gasteiger partial charge < -0.3 is 10.1 Å². The third-order valence-electron chi connectivity index (χ3n) is 4.33. The van der Waals surface area contributed by atoms with Gasteiger partial charge in [0.15, 0.2) is 0 Å². The highest BCUT2D eigenvalue weighted by Crippen LogP contribution is 2.22. The summed E-state index contributed by atoms with van der Waals surface area (Å²) in [6, 6.07) is 8.08. The Morgan fingerprint density at radius 1 is 1.17 bits per heavy atom. The summed E-state index contributed by atoms with van der Waals surface area (Å²) < 4.78 is 41.3. The average Bonchev–Trinajstić information content (AvgIpc) is 2.53. The Labute approximate surface area is 135 Å². The van der Waals surface area contributed by atoms with Crippen molar-refractivity contribution in [3.05, 3.63) is 29.8 Å². The van der Waals surface area contributed by atoms with Gasteiger partial charge in [-0.05, 0) is 62.5 Å². The van der Waals surface area contributed by atoms with E-state index < -0.39 is 12.7 Å². The van der Waals surface area contributed by atoms with Gasteiger partial charge in [-0.3, -0.25) is 4.90 Å². The van der Waals surface area contributed by atoms with Crippen molar-refractivity contribution in [1.29, 1.82) is 0 Å². The highest BCUT2D eigenvalue weighted by Gasteiger charge is 2.26. The van der Waals surface area contributed by atoms with Crippen LogP contribution in [0.15, 0.2) is 24.3 Å². The number of alkyl halides is 3. The molecular formula is C17H25F3N2O. The van der Waals surface area contributed by atoms with Crippen molar-refractivity contribution in [3.63, 3.8) is 0 Å². The first kappa shape index (κ1) is 18.1. The minimum absolute atomic E-state index is 0.447. The van der Waals surface area contributed by atoms with E-state index in [2.05, 4.69) is 22.3 Å². The lowest BCUT2D eigenvalue weighted by molar-refractivity contribution is -0.124. The first-order valence-electron chi connectivity index (χ1n) is 8.09. The summed E-state index contributed by atoms with van der Waals surface area (Å²) in [5, 5.41) is 2.48. The first-order valence-corrected chi connectivity index (χ1v) is 8.09. The van der Waals surface area contributed by atoms with Gasteiger partial charge in [0, 0.05) is 6.54 Å². The highest BCUT2D eigenvalue weighted by atomic mass is 19.4. The summed E-state index contributed by atoms with van der Waals surface area (Å²) in [6.07, 6.45) is -1.16. The molecule has 1 aliphatic heterocycles. The van der Waals surface area contributed by atoms with Gasteiger partial charge >= 0.3 is 6.18 Å². The monoisotopic (exact) mass is 330 g/mol. The van der Waals surface area contributed by atoms with E-state index >= 15 is 0 Å². The van der Waals surface area contributed by atoms with Gasteiger partial charge in [-0.1, -0.05) is 12.1 Å². The molecule has 0 radical (unpaired) electrons. The maximum Gasteiger partial charge on any atom is 0.401 e. The highest BCUT2D eigenvalue weighted by molar-refractivity contribution is 5.27. The van der Waals surface area contributed by atoms with E-state index in [1.807, 2.05) is 12.1 Å². The third kappa shape index (κ3) is 6.79. The van der Waals surface area contributed by atoms with Gasteiger partial charge in [0.05, 0.1) is 13.7 Å². The zero-order chi connectivity index (χ0) is 16.7. The van der Waals surface area contributed by atoms with Crippen LogP contribution in [0.3, 0.4) is 0 Å². The topological polar surface area (TPSA) is 24.5 Å². The van der Waals surface area contributed by atoms with Crippen molar-refractivity contribution in [3.8, 4) is 5.75 Å². The standard InChI is InChI=1S/C17H25F3N2O/c1-23-16-4-2-15(3-5-16)12-22-10-7-14(8-11-22)6-9-21-13-17(18,19)20/h2-5,14,21H,6-13H2,1H3. The number of hydrogen-bond acceptors (Lipinski definition) is 3. The van der Waals surface area contributed by atoms with Crippen molar-refractivity contribution in [2.45, 2.75) is 32.0 Å². The molecule has 2 rings (SSSR count). The van der Waals surface area contributed by atoms with E-state index in [4.69, 9.17) is 4.74 Å². The Hall–Kier alpha value is -1.27. The van der Waals surface area contributed by atoms with Crippen LogP contribution in [0.25, 0.3) is 0 Å². The molecule has 0 aromatic heterocycles. The predicted octanol–water partition coefficient (Wildman–Crippen LogP) is 3.45. The summed E-state index contributed by atoms with van der Waals surface area (Å²) in [5.74, 6) is 1.39. The number of halogens is 3. The Bertz CT molecular complexity index is 454. The lowest BCUT2D eigenvalue weighted by atomic mass is 9.93. The maximum atomic E-state index is 12.1.